The molecule has 1 atom stereocenters. The Morgan fingerprint density at radius 3 is 2.57 bits per heavy atom. The first-order valence-corrected chi connectivity index (χ1v) is 6.44. The Balaban J connectivity index is 1.56. The molecular weight excluding hydrogens is 170 g/mol. The van der Waals surface area contributed by atoms with Crippen LogP contribution in [-0.4, -0.2) is 12.6 Å². The van der Waals surface area contributed by atoms with Gasteiger partial charge in [0.2, 0.25) is 0 Å². The molecule has 2 saturated heterocycles. The summed E-state index contributed by atoms with van der Waals surface area (Å²) in [5.74, 6) is 4.03. The Kier molecular flexibility index (Phi) is 1.49. The molecule has 2 aliphatic heterocycles. The highest BCUT2D eigenvalue weighted by Gasteiger charge is 2.57. The van der Waals surface area contributed by atoms with E-state index >= 15 is 0 Å². The average Bonchev–Trinajstić information content (AvgIpc) is 2.16. The second-order valence-corrected chi connectivity index (χ2v) is 6.30. The van der Waals surface area contributed by atoms with E-state index in [0.29, 0.717) is 0 Å². The Hall–Kier alpha value is -0.0400. The lowest BCUT2D eigenvalue weighted by atomic mass is 9.46. The van der Waals surface area contributed by atoms with E-state index in [2.05, 4.69) is 5.32 Å². The van der Waals surface area contributed by atoms with Gasteiger partial charge in [-0.15, -0.1) is 0 Å². The Bertz CT molecular complexity index is 240. The van der Waals surface area contributed by atoms with E-state index < -0.39 is 0 Å². The molecule has 14 heavy (non-hydrogen) atoms. The molecule has 1 heteroatoms. The lowest BCUT2D eigenvalue weighted by molar-refractivity contribution is -0.0543. The van der Waals surface area contributed by atoms with Crippen molar-refractivity contribution in [2.45, 2.75) is 51.0 Å². The highest BCUT2D eigenvalue weighted by atomic mass is 15.0. The predicted molar refractivity (Wildman–Crippen MR) is 56.8 cm³/mol. The lowest BCUT2D eigenvalue weighted by Crippen LogP contribution is -2.63. The van der Waals surface area contributed by atoms with Gasteiger partial charge in [-0.3, -0.25) is 0 Å². The number of piperidine rings is 2. The van der Waals surface area contributed by atoms with Crippen LogP contribution < -0.4 is 5.32 Å². The van der Waals surface area contributed by atoms with Gasteiger partial charge in [0.25, 0.3) is 0 Å². The minimum Gasteiger partial charge on any atom is -0.313 e. The zero-order valence-electron chi connectivity index (χ0n) is 8.89. The summed E-state index contributed by atoms with van der Waals surface area (Å²) in [5.41, 5.74) is 0.754. The van der Waals surface area contributed by atoms with Gasteiger partial charge in [0.05, 0.1) is 0 Å². The van der Waals surface area contributed by atoms with Gasteiger partial charge in [0.1, 0.15) is 0 Å². The predicted octanol–water partition coefficient (Wildman–Crippen LogP) is 2.52. The molecule has 0 aromatic rings. The summed E-state index contributed by atoms with van der Waals surface area (Å²) in [6.45, 7) is 1.32. The van der Waals surface area contributed by atoms with Crippen LogP contribution in [-0.2, 0) is 0 Å². The monoisotopic (exact) mass is 190 g/mol. The van der Waals surface area contributed by atoms with E-state index in [-0.39, 0.29) is 0 Å². The molecule has 77 valence electrons. The highest BCUT2D eigenvalue weighted by Crippen LogP contribution is 2.62. The lowest BCUT2D eigenvalue weighted by Gasteiger charge is -2.62. The van der Waals surface area contributed by atoms with Crippen molar-refractivity contribution in [1.29, 1.82) is 0 Å². The smallest absolute Gasteiger partial charge is 0.0186 e. The van der Waals surface area contributed by atoms with Crippen LogP contribution in [0.15, 0.2) is 0 Å². The van der Waals surface area contributed by atoms with Crippen molar-refractivity contribution in [1.82, 2.24) is 5.32 Å². The normalized spacial score (nSPS) is 56.1. The SMILES string of the molecule is C1CC2CC(C3NCC4C[C]3C4)(C1)C2. The topological polar surface area (TPSA) is 12.0 Å². The summed E-state index contributed by atoms with van der Waals surface area (Å²) < 4.78 is 0. The molecule has 0 aromatic heterocycles. The molecule has 1 N–H and O–H groups in total. The fourth-order valence-corrected chi connectivity index (χ4v) is 4.76. The standard InChI is InChI=1S/C13H20N/c1-2-9-6-13(3-1,7-9)12-11-4-10(5-11)8-14-12/h9-10,12,14H,1-8H2. The molecule has 1 unspecified atom stereocenters. The molecule has 1 radical (unpaired) electrons. The molecular formula is C13H20N. The summed E-state index contributed by atoms with van der Waals surface area (Å²) in [7, 11) is 0. The third-order valence-electron chi connectivity index (χ3n) is 5.41. The van der Waals surface area contributed by atoms with Crippen LogP contribution in [0.1, 0.15) is 44.9 Å². The number of hydrogen-bond donors (Lipinski definition) is 1. The number of fused-ring (bicyclic) bond motifs is 4. The molecule has 1 nitrogen and oxygen atoms in total. The largest absolute Gasteiger partial charge is 0.313 e. The van der Waals surface area contributed by atoms with Crippen molar-refractivity contribution in [3.8, 4) is 0 Å². The molecule has 6 fully saturated rings. The van der Waals surface area contributed by atoms with Gasteiger partial charge in [0, 0.05) is 6.04 Å². The zero-order valence-corrected chi connectivity index (χ0v) is 8.89. The third-order valence-corrected chi connectivity index (χ3v) is 5.41. The van der Waals surface area contributed by atoms with Crippen molar-refractivity contribution >= 4 is 0 Å². The minimum atomic E-state index is 0.754. The fraction of sp³-hybridized carbons (Fsp3) is 0.923. The first-order chi connectivity index (χ1) is 6.86. The molecule has 4 bridgehead atoms. The maximum atomic E-state index is 3.83. The van der Waals surface area contributed by atoms with Crippen LogP contribution in [0.4, 0.5) is 0 Å². The molecule has 4 saturated carbocycles. The van der Waals surface area contributed by atoms with Crippen LogP contribution in [0.2, 0.25) is 0 Å². The van der Waals surface area contributed by atoms with Crippen LogP contribution in [0.5, 0.6) is 0 Å². The first-order valence-electron chi connectivity index (χ1n) is 6.44. The zero-order chi connectivity index (χ0) is 9.17. The molecule has 4 aliphatic carbocycles. The van der Waals surface area contributed by atoms with Gasteiger partial charge >= 0.3 is 0 Å². The van der Waals surface area contributed by atoms with Crippen molar-refractivity contribution in [2.75, 3.05) is 6.54 Å². The molecule has 0 aromatic carbocycles. The van der Waals surface area contributed by atoms with Gasteiger partial charge in [-0.05, 0) is 61.8 Å². The summed E-state index contributed by atoms with van der Waals surface area (Å²) in [6, 6.07) is 0.851. The van der Waals surface area contributed by atoms with Gasteiger partial charge in [-0.1, -0.05) is 12.8 Å². The summed E-state index contributed by atoms with van der Waals surface area (Å²) >= 11 is 0. The van der Waals surface area contributed by atoms with Crippen LogP contribution in [0.25, 0.3) is 0 Å². The van der Waals surface area contributed by atoms with Crippen molar-refractivity contribution < 1.29 is 0 Å². The fourth-order valence-electron chi connectivity index (χ4n) is 4.76. The van der Waals surface area contributed by atoms with E-state index in [1.807, 2.05) is 5.92 Å². The number of rotatable bonds is 1. The van der Waals surface area contributed by atoms with Gasteiger partial charge in [-0.2, -0.15) is 0 Å². The van der Waals surface area contributed by atoms with E-state index in [1.54, 1.807) is 12.8 Å². The maximum absolute atomic E-state index is 3.83. The van der Waals surface area contributed by atoms with E-state index in [1.165, 1.54) is 38.6 Å². The van der Waals surface area contributed by atoms with Crippen LogP contribution >= 0.6 is 0 Å². The molecule has 0 amide bonds. The van der Waals surface area contributed by atoms with Crippen LogP contribution in [0.3, 0.4) is 0 Å². The van der Waals surface area contributed by atoms with Gasteiger partial charge in [-0.25, -0.2) is 0 Å². The van der Waals surface area contributed by atoms with Crippen LogP contribution in [0, 0.1) is 23.2 Å². The summed E-state index contributed by atoms with van der Waals surface area (Å²) in [6.07, 6.45) is 10.6. The average molecular weight is 190 g/mol. The first kappa shape index (κ1) is 8.15. The second kappa shape index (κ2) is 2.55. The minimum absolute atomic E-state index is 0.754. The molecule has 0 spiro atoms. The van der Waals surface area contributed by atoms with Crippen molar-refractivity contribution in [2.24, 2.45) is 17.3 Å². The molecule has 2 heterocycles. The molecule has 6 rings (SSSR count). The Morgan fingerprint density at radius 2 is 2.00 bits per heavy atom. The molecule has 6 aliphatic rings. The third kappa shape index (κ3) is 0.900. The second-order valence-electron chi connectivity index (χ2n) is 6.30. The Labute approximate surface area is 86.6 Å². The van der Waals surface area contributed by atoms with Crippen molar-refractivity contribution in [3.63, 3.8) is 0 Å². The highest BCUT2D eigenvalue weighted by molar-refractivity contribution is 5.23. The number of hydrogen-bond acceptors (Lipinski definition) is 1. The number of nitrogens with one attached hydrogen (secondary N) is 1. The van der Waals surface area contributed by atoms with Crippen molar-refractivity contribution in [3.05, 3.63) is 5.92 Å². The van der Waals surface area contributed by atoms with Gasteiger partial charge < -0.3 is 5.32 Å². The van der Waals surface area contributed by atoms with E-state index in [9.17, 15) is 0 Å². The maximum Gasteiger partial charge on any atom is 0.0186 e. The quantitative estimate of drug-likeness (QED) is 0.670. The van der Waals surface area contributed by atoms with Gasteiger partial charge in [0.15, 0.2) is 0 Å². The summed E-state index contributed by atoms with van der Waals surface area (Å²) in [4.78, 5) is 0. The Morgan fingerprint density at radius 1 is 1.14 bits per heavy atom. The van der Waals surface area contributed by atoms with E-state index in [4.69, 9.17) is 0 Å². The summed E-state index contributed by atoms with van der Waals surface area (Å²) in [5, 5.41) is 3.83. The van der Waals surface area contributed by atoms with E-state index in [0.717, 1.165) is 23.3 Å².